The number of nitrogens with two attached hydrogens (primary N) is 1. The number of carbonyl (C=O) groups is 1. The maximum Gasteiger partial charge on any atom is 0.338 e. The molecule has 0 aliphatic heterocycles. The number of aromatic carboxylic acids is 1. The Hall–Kier alpha value is -1.69. The highest BCUT2D eigenvalue weighted by atomic mass is 19.2. The number of rotatable bonds is 6. The van der Waals surface area contributed by atoms with E-state index in [4.69, 9.17) is 10.8 Å². The number of halogens is 2. The summed E-state index contributed by atoms with van der Waals surface area (Å²) in [5.74, 6) is -4.06. The van der Waals surface area contributed by atoms with Gasteiger partial charge in [-0.15, -0.1) is 0 Å². The molecule has 19 heavy (non-hydrogen) atoms. The fourth-order valence-corrected chi connectivity index (χ4v) is 1.86. The zero-order valence-electron chi connectivity index (χ0n) is 11.0. The van der Waals surface area contributed by atoms with Crippen LogP contribution in [0.3, 0.4) is 0 Å². The molecule has 0 aliphatic rings. The second-order valence-electron chi connectivity index (χ2n) is 4.41. The first-order valence-electron chi connectivity index (χ1n) is 6.10. The first-order chi connectivity index (χ1) is 8.90. The van der Waals surface area contributed by atoms with Crippen molar-refractivity contribution < 1.29 is 18.7 Å². The van der Waals surface area contributed by atoms with Crippen LogP contribution in [0.25, 0.3) is 0 Å². The fraction of sp³-hybridized carbons (Fsp3) is 0.462. The molecule has 0 aromatic heterocycles. The third kappa shape index (κ3) is 3.01. The Labute approximate surface area is 110 Å². The van der Waals surface area contributed by atoms with Crippen molar-refractivity contribution in [3.05, 3.63) is 29.3 Å². The lowest BCUT2D eigenvalue weighted by molar-refractivity contribution is 0.0690. The molecule has 4 N–H and O–H groups in total. The predicted molar refractivity (Wildman–Crippen MR) is 69.3 cm³/mol. The molecular weight excluding hydrogens is 254 g/mol. The van der Waals surface area contributed by atoms with Crippen LogP contribution in [0.2, 0.25) is 0 Å². The number of anilines is 1. The van der Waals surface area contributed by atoms with Gasteiger partial charge >= 0.3 is 5.97 Å². The summed E-state index contributed by atoms with van der Waals surface area (Å²) in [4.78, 5) is 10.7. The number of benzene rings is 1. The fourth-order valence-electron chi connectivity index (χ4n) is 1.86. The number of hydrogen-bond donors (Lipinski definition) is 3. The molecule has 6 heteroatoms. The molecule has 1 aromatic carbocycles. The highest BCUT2D eigenvalue weighted by molar-refractivity contribution is 5.88. The van der Waals surface area contributed by atoms with Crippen molar-refractivity contribution in [1.29, 1.82) is 0 Å². The van der Waals surface area contributed by atoms with Crippen LogP contribution < -0.4 is 11.1 Å². The molecule has 0 radical (unpaired) electrons. The highest BCUT2D eigenvalue weighted by Gasteiger charge is 2.27. The van der Waals surface area contributed by atoms with Crippen LogP contribution in [0, 0.1) is 11.6 Å². The normalized spacial score (nSPS) is 11.4. The zero-order valence-corrected chi connectivity index (χ0v) is 11.0. The molecule has 0 unspecified atom stereocenters. The molecule has 106 valence electrons. The van der Waals surface area contributed by atoms with Crippen molar-refractivity contribution in [3.8, 4) is 0 Å². The van der Waals surface area contributed by atoms with E-state index in [9.17, 15) is 13.6 Å². The lowest BCUT2D eigenvalue weighted by atomic mass is 9.92. The Bertz CT molecular complexity index is 466. The Balaban J connectivity index is 3.16. The van der Waals surface area contributed by atoms with Gasteiger partial charge in [0.2, 0.25) is 0 Å². The average Bonchev–Trinajstić information content (AvgIpc) is 2.40. The molecule has 0 amide bonds. The van der Waals surface area contributed by atoms with Crippen molar-refractivity contribution in [2.24, 2.45) is 5.73 Å². The van der Waals surface area contributed by atoms with E-state index in [0.29, 0.717) is 12.8 Å². The molecule has 1 rings (SSSR count). The molecule has 0 fully saturated rings. The molecule has 0 saturated heterocycles. The standard InChI is InChI=1S/C13H18F2N2O2/c1-3-13(4-2,7-16)17-9-6-5-8(12(18)19)10(14)11(9)15/h5-6,17H,3-4,7,16H2,1-2H3,(H,18,19). The van der Waals surface area contributed by atoms with Crippen molar-refractivity contribution in [2.75, 3.05) is 11.9 Å². The first-order valence-corrected chi connectivity index (χ1v) is 6.10. The summed E-state index contributed by atoms with van der Waals surface area (Å²) in [6.07, 6.45) is 1.28. The first kappa shape index (κ1) is 15.4. The lowest BCUT2D eigenvalue weighted by Crippen LogP contribution is -2.44. The van der Waals surface area contributed by atoms with Gasteiger partial charge in [0.1, 0.15) is 0 Å². The number of nitrogens with one attached hydrogen (secondary N) is 1. The van der Waals surface area contributed by atoms with E-state index in [1.54, 1.807) is 0 Å². The quantitative estimate of drug-likeness (QED) is 0.744. The molecule has 1 aromatic rings. The van der Waals surface area contributed by atoms with Gasteiger partial charge in [-0.2, -0.15) is 0 Å². The van der Waals surface area contributed by atoms with E-state index in [1.165, 1.54) is 6.07 Å². The number of hydrogen-bond acceptors (Lipinski definition) is 3. The van der Waals surface area contributed by atoms with Gasteiger partial charge in [0.15, 0.2) is 11.6 Å². The molecule has 0 spiro atoms. The van der Waals surface area contributed by atoms with Gasteiger partial charge in [-0.25, -0.2) is 13.6 Å². The summed E-state index contributed by atoms with van der Waals surface area (Å²) in [5.41, 5.74) is 4.38. The molecule has 0 bridgehead atoms. The summed E-state index contributed by atoms with van der Waals surface area (Å²) in [6, 6.07) is 2.26. The third-order valence-corrected chi connectivity index (χ3v) is 3.46. The average molecular weight is 272 g/mol. The predicted octanol–water partition coefficient (Wildman–Crippen LogP) is 2.59. The molecule has 0 aliphatic carbocycles. The van der Waals surface area contributed by atoms with Crippen LogP contribution in [0.4, 0.5) is 14.5 Å². The van der Waals surface area contributed by atoms with Gasteiger partial charge in [0.05, 0.1) is 11.3 Å². The van der Waals surface area contributed by atoms with Crippen molar-refractivity contribution in [3.63, 3.8) is 0 Å². The Kier molecular flexibility index (Phi) is 4.83. The van der Waals surface area contributed by atoms with E-state index in [0.717, 1.165) is 6.07 Å². The van der Waals surface area contributed by atoms with E-state index in [2.05, 4.69) is 5.32 Å². The summed E-state index contributed by atoms with van der Waals surface area (Å²) in [6.45, 7) is 4.05. The maximum atomic E-state index is 13.8. The number of carboxylic acid groups (broad SMARTS) is 1. The van der Waals surface area contributed by atoms with Crippen molar-refractivity contribution in [2.45, 2.75) is 32.2 Å². The van der Waals surface area contributed by atoms with Gasteiger partial charge in [0.25, 0.3) is 0 Å². The molecule has 0 heterocycles. The van der Waals surface area contributed by atoms with Crippen LogP contribution in [-0.4, -0.2) is 23.2 Å². The lowest BCUT2D eigenvalue weighted by Gasteiger charge is -2.32. The van der Waals surface area contributed by atoms with Crippen LogP contribution >= 0.6 is 0 Å². The highest BCUT2D eigenvalue weighted by Crippen LogP contribution is 2.26. The van der Waals surface area contributed by atoms with Crippen LogP contribution in [-0.2, 0) is 0 Å². The minimum absolute atomic E-state index is 0.0725. The second-order valence-corrected chi connectivity index (χ2v) is 4.41. The summed E-state index contributed by atoms with van der Waals surface area (Å²) >= 11 is 0. The Morgan fingerprint density at radius 1 is 1.32 bits per heavy atom. The summed E-state index contributed by atoms with van der Waals surface area (Å²) < 4.78 is 27.4. The summed E-state index contributed by atoms with van der Waals surface area (Å²) in [5, 5.41) is 11.6. The van der Waals surface area contributed by atoms with Gasteiger partial charge in [0, 0.05) is 12.1 Å². The SMILES string of the molecule is CCC(CC)(CN)Nc1ccc(C(=O)O)c(F)c1F. The molecular formula is C13H18F2N2O2. The van der Waals surface area contributed by atoms with E-state index in [-0.39, 0.29) is 12.2 Å². The molecule has 4 nitrogen and oxygen atoms in total. The van der Waals surface area contributed by atoms with Crippen LogP contribution in [0.15, 0.2) is 12.1 Å². The van der Waals surface area contributed by atoms with Crippen molar-refractivity contribution >= 4 is 11.7 Å². The minimum atomic E-state index is -1.50. The zero-order chi connectivity index (χ0) is 14.6. The number of carboxylic acids is 1. The molecule has 0 saturated carbocycles. The van der Waals surface area contributed by atoms with Gasteiger partial charge in [-0.05, 0) is 25.0 Å². The minimum Gasteiger partial charge on any atom is -0.478 e. The third-order valence-electron chi connectivity index (χ3n) is 3.46. The largest absolute Gasteiger partial charge is 0.478 e. The smallest absolute Gasteiger partial charge is 0.338 e. The second kappa shape index (κ2) is 5.97. The van der Waals surface area contributed by atoms with Gasteiger partial charge < -0.3 is 16.2 Å². The Morgan fingerprint density at radius 2 is 1.89 bits per heavy atom. The van der Waals surface area contributed by atoms with E-state index < -0.39 is 28.7 Å². The van der Waals surface area contributed by atoms with Crippen LogP contribution in [0.5, 0.6) is 0 Å². The van der Waals surface area contributed by atoms with E-state index in [1.807, 2.05) is 13.8 Å². The monoisotopic (exact) mass is 272 g/mol. The summed E-state index contributed by atoms with van der Waals surface area (Å²) in [7, 11) is 0. The molecule has 0 atom stereocenters. The Morgan fingerprint density at radius 3 is 2.32 bits per heavy atom. The van der Waals surface area contributed by atoms with E-state index >= 15 is 0 Å². The van der Waals surface area contributed by atoms with Gasteiger partial charge in [-0.3, -0.25) is 0 Å². The van der Waals surface area contributed by atoms with Gasteiger partial charge in [-0.1, -0.05) is 13.8 Å². The topological polar surface area (TPSA) is 75.3 Å². The van der Waals surface area contributed by atoms with Crippen LogP contribution in [0.1, 0.15) is 37.0 Å². The maximum absolute atomic E-state index is 13.8. The van der Waals surface area contributed by atoms with Crippen molar-refractivity contribution in [1.82, 2.24) is 0 Å².